The maximum Gasteiger partial charge on any atom is 0.277 e. The molecule has 0 saturated heterocycles. The van der Waals surface area contributed by atoms with E-state index < -0.39 is 17.7 Å². The van der Waals surface area contributed by atoms with Crippen molar-refractivity contribution in [1.82, 2.24) is 10.2 Å². The Labute approximate surface area is 153 Å². The molecule has 0 spiro atoms. The Morgan fingerprint density at radius 3 is 2.62 bits per heavy atom. The average molecular weight is 378 g/mol. The van der Waals surface area contributed by atoms with Crippen LogP contribution in [-0.2, 0) is 5.75 Å². The van der Waals surface area contributed by atoms with E-state index in [1.807, 2.05) is 0 Å². The Hall–Kier alpha value is -2.61. The molecular weight excluding hydrogens is 362 g/mol. The summed E-state index contributed by atoms with van der Waals surface area (Å²) >= 11 is 1.27. The van der Waals surface area contributed by atoms with Crippen molar-refractivity contribution >= 4 is 11.8 Å². The van der Waals surface area contributed by atoms with Gasteiger partial charge in [-0.15, -0.1) is 10.2 Å². The van der Waals surface area contributed by atoms with Crippen molar-refractivity contribution in [3.63, 3.8) is 0 Å². The number of thioether (sulfide) groups is 1. The molecule has 3 rings (SSSR count). The first-order chi connectivity index (χ1) is 12.6. The van der Waals surface area contributed by atoms with Crippen LogP contribution >= 0.6 is 11.8 Å². The van der Waals surface area contributed by atoms with Gasteiger partial charge in [-0.3, -0.25) is 0 Å². The van der Waals surface area contributed by atoms with Crippen LogP contribution in [0, 0.1) is 11.6 Å². The van der Waals surface area contributed by atoms with Gasteiger partial charge in [0.05, 0.1) is 7.11 Å². The zero-order chi connectivity index (χ0) is 18.5. The SMILES string of the molecule is COc1ccc(CSc2nnc(C(C)Oc3ccccc3F)o2)cc1F. The quantitative estimate of drug-likeness (QED) is 0.551. The highest BCUT2D eigenvalue weighted by Crippen LogP contribution is 2.28. The lowest BCUT2D eigenvalue weighted by molar-refractivity contribution is 0.174. The highest BCUT2D eigenvalue weighted by atomic mass is 32.2. The molecule has 0 aliphatic heterocycles. The van der Waals surface area contributed by atoms with Gasteiger partial charge in [-0.05, 0) is 36.8 Å². The fraction of sp³-hybridized carbons (Fsp3) is 0.222. The molecular formula is C18H16F2N2O3S. The predicted octanol–water partition coefficient (Wildman–Crippen LogP) is 4.79. The van der Waals surface area contributed by atoms with Crippen molar-refractivity contribution in [3.8, 4) is 11.5 Å². The summed E-state index contributed by atoms with van der Waals surface area (Å²) < 4.78 is 43.2. The van der Waals surface area contributed by atoms with Gasteiger partial charge in [-0.25, -0.2) is 8.78 Å². The number of ether oxygens (including phenoxy) is 2. The second kappa shape index (κ2) is 8.18. The van der Waals surface area contributed by atoms with Crippen molar-refractivity contribution in [3.05, 3.63) is 65.6 Å². The van der Waals surface area contributed by atoms with Crippen molar-refractivity contribution in [2.75, 3.05) is 7.11 Å². The minimum absolute atomic E-state index is 0.112. The van der Waals surface area contributed by atoms with Crippen LogP contribution in [0.25, 0.3) is 0 Å². The Bertz CT molecular complexity index is 888. The summed E-state index contributed by atoms with van der Waals surface area (Å²) in [6, 6.07) is 10.8. The van der Waals surface area contributed by atoms with Crippen molar-refractivity contribution < 1.29 is 22.7 Å². The van der Waals surface area contributed by atoms with E-state index in [9.17, 15) is 8.78 Å². The smallest absolute Gasteiger partial charge is 0.277 e. The number of halogens is 2. The maximum absolute atomic E-state index is 13.7. The average Bonchev–Trinajstić information content (AvgIpc) is 3.11. The molecule has 0 aliphatic rings. The second-order valence-corrected chi connectivity index (χ2v) is 6.28. The largest absolute Gasteiger partial charge is 0.494 e. The molecule has 8 heteroatoms. The number of aromatic nitrogens is 2. The fourth-order valence-electron chi connectivity index (χ4n) is 2.17. The first-order valence-corrected chi connectivity index (χ1v) is 8.75. The molecule has 3 aromatic rings. The van der Waals surface area contributed by atoms with Gasteiger partial charge in [0.25, 0.3) is 11.1 Å². The Morgan fingerprint density at radius 2 is 1.88 bits per heavy atom. The molecule has 1 aromatic heterocycles. The summed E-state index contributed by atoms with van der Waals surface area (Å²) in [7, 11) is 1.41. The van der Waals surface area contributed by atoms with Crippen LogP contribution in [0.15, 0.2) is 52.1 Å². The van der Waals surface area contributed by atoms with Crippen LogP contribution in [0.4, 0.5) is 8.78 Å². The molecule has 0 N–H and O–H groups in total. The molecule has 0 bridgehead atoms. The van der Waals surface area contributed by atoms with E-state index in [1.165, 1.54) is 37.1 Å². The van der Waals surface area contributed by atoms with E-state index in [4.69, 9.17) is 13.9 Å². The van der Waals surface area contributed by atoms with Crippen LogP contribution in [0.5, 0.6) is 11.5 Å². The zero-order valence-electron chi connectivity index (χ0n) is 14.1. The van der Waals surface area contributed by atoms with E-state index >= 15 is 0 Å². The first kappa shape index (κ1) is 18.2. The highest BCUT2D eigenvalue weighted by molar-refractivity contribution is 7.98. The van der Waals surface area contributed by atoms with Crippen molar-refractivity contribution in [2.45, 2.75) is 24.0 Å². The number of para-hydroxylation sites is 1. The number of rotatable bonds is 7. The van der Waals surface area contributed by atoms with Gasteiger partial charge in [0, 0.05) is 5.75 Å². The molecule has 0 aliphatic carbocycles. The summed E-state index contributed by atoms with van der Waals surface area (Å²) in [5.74, 6) is 0.0971. The van der Waals surface area contributed by atoms with Gasteiger partial charge in [0.15, 0.2) is 29.2 Å². The predicted molar refractivity (Wildman–Crippen MR) is 92.3 cm³/mol. The summed E-state index contributed by atoms with van der Waals surface area (Å²) in [4.78, 5) is 0. The lowest BCUT2D eigenvalue weighted by Crippen LogP contribution is -2.04. The van der Waals surface area contributed by atoms with Gasteiger partial charge in [0.1, 0.15) is 0 Å². The van der Waals surface area contributed by atoms with E-state index in [0.29, 0.717) is 11.0 Å². The lowest BCUT2D eigenvalue weighted by Gasteiger charge is -2.11. The molecule has 136 valence electrons. The van der Waals surface area contributed by atoms with E-state index in [2.05, 4.69) is 10.2 Å². The van der Waals surface area contributed by atoms with Gasteiger partial charge in [0.2, 0.25) is 0 Å². The molecule has 0 fully saturated rings. The van der Waals surface area contributed by atoms with Crippen LogP contribution in [0.2, 0.25) is 0 Å². The second-order valence-electron chi connectivity index (χ2n) is 5.35. The number of hydrogen-bond donors (Lipinski definition) is 0. The highest BCUT2D eigenvalue weighted by Gasteiger charge is 2.17. The molecule has 1 atom stereocenters. The maximum atomic E-state index is 13.7. The van der Waals surface area contributed by atoms with Gasteiger partial charge in [-0.2, -0.15) is 0 Å². The zero-order valence-corrected chi connectivity index (χ0v) is 14.9. The standard InChI is InChI=1S/C18H16F2N2O3S/c1-11(24-16-6-4-3-5-13(16)19)17-21-22-18(25-17)26-10-12-7-8-15(23-2)14(20)9-12/h3-9,11H,10H2,1-2H3. The van der Waals surface area contributed by atoms with Gasteiger partial charge in [-0.1, -0.05) is 30.0 Å². The van der Waals surface area contributed by atoms with Crippen LogP contribution in [-0.4, -0.2) is 17.3 Å². The van der Waals surface area contributed by atoms with Gasteiger partial charge < -0.3 is 13.9 Å². The molecule has 26 heavy (non-hydrogen) atoms. The third-order valence-corrected chi connectivity index (χ3v) is 4.38. The Kier molecular flexibility index (Phi) is 5.72. The van der Waals surface area contributed by atoms with E-state index in [-0.39, 0.29) is 17.4 Å². The number of benzene rings is 2. The first-order valence-electron chi connectivity index (χ1n) is 7.76. The minimum atomic E-state index is -0.604. The lowest BCUT2D eigenvalue weighted by atomic mass is 10.2. The van der Waals surface area contributed by atoms with Crippen LogP contribution in [0.1, 0.15) is 24.5 Å². The number of nitrogens with zero attached hydrogens (tertiary/aromatic N) is 2. The fourth-order valence-corrected chi connectivity index (χ4v) is 2.88. The topological polar surface area (TPSA) is 57.4 Å². The monoisotopic (exact) mass is 378 g/mol. The van der Waals surface area contributed by atoms with E-state index in [1.54, 1.807) is 31.2 Å². The number of methoxy groups -OCH3 is 1. The third kappa shape index (κ3) is 4.32. The molecule has 1 unspecified atom stereocenters. The minimum Gasteiger partial charge on any atom is -0.494 e. The normalized spacial score (nSPS) is 12.0. The molecule has 1 heterocycles. The summed E-state index contributed by atoms with van der Waals surface area (Å²) in [5.41, 5.74) is 0.753. The summed E-state index contributed by atoms with van der Waals surface area (Å²) in [6.07, 6.45) is -0.604. The molecule has 0 amide bonds. The summed E-state index contributed by atoms with van der Waals surface area (Å²) in [6.45, 7) is 1.69. The summed E-state index contributed by atoms with van der Waals surface area (Å²) in [5, 5.41) is 8.17. The van der Waals surface area contributed by atoms with Crippen LogP contribution in [0.3, 0.4) is 0 Å². The van der Waals surface area contributed by atoms with Gasteiger partial charge >= 0.3 is 0 Å². The van der Waals surface area contributed by atoms with Crippen molar-refractivity contribution in [1.29, 1.82) is 0 Å². The Balaban J connectivity index is 1.61. The Morgan fingerprint density at radius 1 is 1.08 bits per heavy atom. The van der Waals surface area contributed by atoms with Crippen molar-refractivity contribution in [2.24, 2.45) is 0 Å². The molecule has 2 aromatic carbocycles. The third-order valence-electron chi connectivity index (χ3n) is 3.49. The van der Waals surface area contributed by atoms with Crippen LogP contribution < -0.4 is 9.47 Å². The molecule has 0 saturated carbocycles. The molecule has 0 radical (unpaired) electrons. The van der Waals surface area contributed by atoms with E-state index in [0.717, 1.165) is 5.56 Å². The molecule has 5 nitrogen and oxygen atoms in total. The number of hydrogen-bond acceptors (Lipinski definition) is 6.